The van der Waals surface area contributed by atoms with E-state index in [1.165, 1.54) is 0 Å². The van der Waals surface area contributed by atoms with Crippen molar-refractivity contribution in [1.29, 1.82) is 0 Å². The lowest BCUT2D eigenvalue weighted by molar-refractivity contribution is 0.303. The summed E-state index contributed by atoms with van der Waals surface area (Å²) in [6.07, 6.45) is 1.65. The smallest absolute Gasteiger partial charge is 0.230 e. The van der Waals surface area contributed by atoms with Crippen molar-refractivity contribution >= 4 is 17.6 Å². The van der Waals surface area contributed by atoms with E-state index >= 15 is 0 Å². The maximum Gasteiger partial charge on any atom is 0.230 e. The van der Waals surface area contributed by atoms with E-state index in [1.54, 1.807) is 19.4 Å². The summed E-state index contributed by atoms with van der Waals surface area (Å²) in [5, 5.41) is 13.1. The van der Waals surface area contributed by atoms with E-state index < -0.39 is 0 Å². The number of pyridine rings is 1. The number of hydrogen-bond donors (Lipinski definition) is 1. The third kappa shape index (κ3) is 3.56. The SMILES string of the molecule is COc1ccccc1Oc1ncccc1/C(=N/O)N1CCSCC1. The van der Waals surface area contributed by atoms with E-state index in [2.05, 4.69) is 10.1 Å². The maximum absolute atomic E-state index is 9.55. The van der Waals surface area contributed by atoms with Crippen LogP contribution in [0.15, 0.2) is 47.8 Å². The van der Waals surface area contributed by atoms with Crippen molar-refractivity contribution in [3.63, 3.8) is 0 Å². The number of aromatic nitrogens is 1. The number of methoxy groups -OCH3 is 1. The number of oxime groups is 1. The normalized spacial score (nSPS) is 15.2. The standard InChI is InChI=1S/C17H19N3O3S/c1-22-14-6-2-3-7-15(14)23-17-13(5-4-8-18-17)16(19-21)20-9-11-24-12-10-20/h2-8,21H,9-12H2,1H3/b19-16-. The van der Waals surface area contributed by atoms with E-state index in [0.29, 0.717) is 28.8 Å². The molecule has 7 heteroatoms. The average Bonchev–Trinajstić information content (AvgIpc) is 2.65. The highest BCUT2D eigenvalue weighted by molar-refractivity contribution is 7.99. The predicted molar refractivity (Wildman–Crippen MR) is 94.5 cm³/mol. The first-order valence-corrected chi connectivity index (χ1v) is 8.80. The fourth-order valence-corrected chi connectivity index (χ4v) is 3.42. The number of para-hydroxylation sites is 2. The minimum absolute atomic E-state index is 0.382. The summed E-state index contributed by atoms with van der Waals surface area (Å²) in [6.45, 7) is 1.65. The molecule has 0 spiro atoms. The van der Waals surface area contributed by atoms with Crippen LogP contribution in [-0.2, 0) is 0 Å². The van der Waals surface area contributed by atoms with E-state index in [9.17, 15) is 5.21 Å². The Hall–Kier alpha value is -2.41. The number of rotatable bonds is 4. The number of amidine groups is 1. The molecule has 0 radical (unpaired) electrons. The Labute approximate surface area is 145 Å². The van der Waals surface area contributed by atoms with Crippen molar-refractivity contribution in [2.24, 2.45) is 5.16 Å². The molecule has 1 fully saturated rings. The van der Waals surface area contributed by atoms with Crippen LogP contribution in [0.1, 0.15) is 5.56 Å². The first-order valence-electron chi connectivity index (χ1n) is 7.64. The van der Waals surface area contributed by atoms with Gasteiger partial charge in [-0.15, -0.1) is 0 Å². The Bertz CT molecular complexity index is 718. The van der Waals surface area contributed by atoms with Gasteiger partial charge in [0.1, 0.15) is 0 Å². The van der Waals surface area contributed by atoms with Gasteiger partial charge in [0.15, 0.2) is 17.3 Å². The first-order chi connectivity index (χ1) is 11.8. The largest absolute Gasteiger partial charge is 0.493 e. The van der Waals surface area contributed by atoms with Gasteiger partial charge in [-0.3, -0.25) is 0 Å². The van der Waals surface area contributed by atoms with Crippen LogP contribution < -0.4 is 9.47 Å². The summed E-state index contributed by atoms with van der Waals surface area (Å²) in [7, 11) is 1.59. The molecule has 0 unspecified atom stereocenters. The minimum Gasteiger partial charge on any atom is -0.493 e. The molecule has 1 aliphatic rings. The van der Waals surface area contributed by atoms with Gasteiger partial charge in [0.05, 0.1) is 12.7 Å². The second-order valence-electron chi connectivity index (χ2n) is 5.13. The van der Waals surface area contributed by atoms with Crippen LogP contribution >= 0.6 is 11.8 Å². The second-order valence-corrected chi connectivity index (χ2v) is 6.36. The molecule has 2 heterocycles. The molecule has 1 aliphatic heterocycles. The fourth-order valence-electron chi connectivity index (χ4n) is 2.51. The molecule has 3 rings (SSSR count). The highest BCUT2D eigenvalue weighted by atomic mass is 32.2. The molecule has 0 bridgehead atoms. The highest BCUT2D eigenvalue weighted by Gasteiger charge is 2.22. The molecule has 1 N–H and O–H groups in total. The van der Waals surface area contributed by atoms with Gasteiger partial charge in [-0.05, 0) is 24.3 Å². The van der Waals surface area contributed by atoms with Crippen LogP contribution in [0.25, 0.3) is 0 Å². The zero-order valence-corrected chi connectivity index (χ0v) is 14.2. The fraction of sp³-hybridized carbons (Fsp3) is 0.294. The zero-order valence-electron chi connectivity index (χ0n) is 13.4. The van der Waals surface area contributed by atoms with E-state index in [0.717, 1.165) is 24.6 Å². The van der Waals surface area contributed by atoms with Gasteiger partial charge in [-0.1, -0.05) is 17.3 Å². The summed E-state index contributed by atoms with van der Waals surface area (Å²) in [5.74, 6) is 4.04. The Morgan fingerprint density at radius 2 is 1.92 bits per heavy atom. The van der Waals surface area contributed by atoms with E-state index in [1.807, 2.05) is 47.0 Å². The van der Waals surface area contributed by atoms with Crippen LogP contribution in [0.3, 0.4) is 0 Å². The predicted octanol–water partition coefficient (Wildman–Crippen LogP) is 3.07. The first kappa shape index (κ1) is 16.4. The molecule has 2 aromatic rings. The summed E-state index contributed by atoms with van der Waals surface area (Å²) in [5.41, 5.74) is 0.651. The van der Waals surface area contributed by atoms with Crippen LogP contribution in [0.5, 0.6) is 17.4 Å². The van der Waals surface area contributed by atoms with Crippen molar-refractivity contribution in [3.8, 4) is 17.4 Å². The highest BCUT2D eigenvalue weighted by Crippen LogP contribution is 2.32. The molecule has 6 nitrogen and oxygen atoms in total. The zero-order chi connectivity index (χ0) is 16.8. The van der Waals surface area contributed by atoms with Gasteiger partial charge in [0, 0.05) is 30.8 Å². The summed E-state index contributed by atoms with van der Waals surface area (Å²) in [4.78, 5) is 6.36. The molecule has 0 saturated carbocycles. The Balaban J connectivity index is 1.92. The van der Waals surface area contributed by atoms with Crippen molar-refractivity contribution < 1.29 is 14.7 Å². The molecule has 24 heavy (non-hydrogen) atoms. The number of ether oxygens (including phenoxy) is 2. The molecule has 1 saturated heterocycles. The van der Waals surface area contributed by atoms with Gasteiger partial charge in [-0.2, -0.15) is 11.8 Å². The van der Waals surface area contributed by atoms with Crippen LogP contribution in [0.2, 0.25) is 0 Å². The van der Waals surface area contributed by atoms with Gasteiger partial charge >= 0.3 is 0 Å². The number of benzene rings is 1. The average molecular weight is 345 g/mol. The summed E-state index contributed by atoms with van der Waals surface area (Å²) >= 11 is 1.89. The lowest BCUT2D eigenvalue weighted by Crippen LogP contribution is -2.38. The van der Waals surface area contributed by atoms with Crippen molar-refractivity contribution in [1.82, 2.24) is 9.88 Å². The van der Waals surface area contributed by atoms with Crippen LogP contribution in [-0.4, -0.2) is 52.6 Å². The molecular formula is C17H19N3O3S. The summed E-state index contributed by atoms with van der Waals surface area (Å²) in [6, 6.07) is 11.0. The van der Waals surface area contributed by atoms with E-state index in [4.69, 9.17) is 9.47 Å². The molecule has 1 aromatic heterocycles. The second kappa shape index (κ2) is 7.92. The lowest BCUT2D eigenvalue weighted by Gasteiger charge is -2.29. The van der Waals surface area contributed by atoms with Gasteiger partial charge in [0.25, 0.3) is 0 Å². The third-order valence-corrected chi connectivity index (χ3v) is 4.64. The topological polar surface area (TPSA) is 67.2 Å². The Morgan fingerprint density at radius 3 is 2.62 bits per heavy atom. The van der Waals surface area contributed by atoms with Crippen molar-refractivity contribution in [2.75, 3.05) is 31.7 Å². The van der Waals surface area contributed by atoms with Gasteiger partial charge < -0.3 is 19.6 Å². The molecule has 126 valence electrons. The van der Waals surface area contributed by atoms with Crippen LogP contribution in [0, 0.1) is 0 Å². The van der Waals surface area contributed by atoms with Crippen LogP contribution in [0.4, 0.5) is 0 Å². The van der Waals surface area contributed by atoms with Gasteiger partial charge in [0.2, 0.25) is 5.88 Å². The Morgan fingerprint density at radius 1 is 1.17 bits per heavy atom. The number of nitrogens with zero attached hydrogens (tertiary/aromatic N) is 3. The number of thioether (sulfide) groups is 1. The molecule has 0 atom stereocenters. The number of hydrogen-bond acceptors (Lipinski definition) is 6. The molecular weight excluding hydrogens is 326 g/mol. The summed E-state index contributed by atoms with van der Waals surface area (Å²) < 4.78 is 11.3. The van der Waals surface area contributed by atoms with Gasteiger partial charge in [-0.25, -0.2) is 4.98 Å². The molecule has 1 aromatic carbocycles. The molecule has 0 amide bonds. The quantitative estimate of drug-likeness (QED) is 0.398. The molecule has 0 aliphatic carbocycles. The maximum atomic E-state index is 9.55. The Kier molecular flexibility index (Phi) is 5.43. The minimum atomic E-state index is 0.382. The van der Waals surface area contributed by atoms with Crippen molar-refractivity contribution in [2.45, 2.75) is 0 Å². The van der Waals surface area contributed by atoms with Crippen molar-refractivity contribution in [3.05, 3.63) is 48.2 Å². The third-order valence-electron chi connectivity index (χ3n) is 3.69. The van der Waals surface area contributed by atoms with E-state index in [-0.39, 0.29) is 0 Å². The monoisotopic (exact) mass is 345 g/mol. The lowest BCUT2D eigenvalue weighted by atomic mass is 10.2.